The zero-order valence-electron chi connectivity index (χ0n) is 11.6. The van der Waals surface area contributed by atoms with Gasteiger partial charge in [0.2, 0.25) is 0 Å². The van der Waals surface area contributed by atoms with E-state index in [0.717, 1.165) is 25.2 Å². The van der Waals surface area contributed by atoms with Crippen LogP contribution in [0.2, 0.25) is 0 Å². The van der Waals surface area contributed by atoms with E-state index in [9.17, 15) is 0 Å². The fourth-order valence-corrected chi connectivity index (χ4v) is 2.54. The largest absolute Gasteiger partial charge is 0.381 e. The fourth-order valence-electron chi connectivity index (χ4n) is 2.54. The van der Waals surface area contributed by atoms with Gasteiger partial charge in [0, 0.05) is 25.8 Å². The summed E-state index contributed by atoms with van der Waals surface area (Å²) in [5.74, 6) is 0.962. The second kappa shape index (κ2) is 6.19. The van der Waals surface area contributed by atoms with Crippen molar-refractivity contribution in [1.82, 2.24) is 5.32 Å². The van der Waals surface area contributed by atoms with E-state index in [1.807, 2.05) is 0 Å². The van der Waals surface area contributed by atoms with Gasteiger partial charge in [-0.2, -0.15) is 0 Å². The van der Waals surface area contributed by atoms with Crippen LogP contribution in [-0.2, 0) is 4.74 Å². The highest BCUT2D eigenvalue weighted by Gasteiger charge is 2.41. The predicted molar refractivity (Wildman–Crippen MR) is 72.2 cm³/mol. The van der Waals surface area contributed by atoms with Gasteiger partial charge < -0.3 is 10.1 Å². The summed E-state index contributed by atoms with van der Waals surface area (Å²) in [5, 5.41) is 3.72. The maximum Gasteiger partial charge on any atom is 0.0471 e. The Kier molecular flexibility index (Phi) is 4.87. The van der Waals surface area contributed by atoms with Gasteiger partial charge in [-0.25, -0.2) is 0 Å². The fraction of sp³-hybridized carbons (Fsp3) is 1.00. The number of nitrogens with one attached hydrogen (secondary N) is 1. The maximum atomic E-state index is 5.74. The van der Waals surface area contributed by atoms with Gasteiger partial charge in [0.25, 0.3) is 0 Å². The van der Waals surface area contributed by atoms with Crippen molar-refractivity contribution < 1.29 is 4.74 Å². The third-order valence-corrected chi connectivity index (χ3v) is 4.39. The number of ether oxygens (including phenoxy) is 1. The molecular weight excluding hydrogens is 210 g/mol. The van der Waals surface area contributed by atoms with E-state index in [1.165, 1.54) is 51.5 Å². The monoisotopic (exact) mass is 239 g/mol. The molecule has 2 fully saturated rings. The van der Waals surface area contributed by atoms with Gasteiger partial charge in [-0.3, -0.25) is 0 Å². The SMILES string of the molecule is CCCCOCCC(C)(CNC1CC1)C1CC1. The Labute approximate surface area is 107 Å². The molecule has 0 heterocycles. The van der Waals surface area contributed by atoms with Crippen LogP contribution in [0.25, 0.3) is 0 Å². The highest BCUT2D eigenvalue weighted by atomic mass is 16.5. The first-order valence-electron chi connectivity index (χ1n) is 7.56. The minimum Gasteiger partial charge on any atom is -0.381 e. The zero-order valence-corrected chi connectivity index (χ0v) is 11.6. The van der Waals surface area contributed by atoms with Crippen LogP contribution >= 0.6 is 0 Å². The summed E-state index contributed by atoms with van der Waals surface area (Å²) in [4.78, 5) is 0. The second-order valence-corrected chi connectivity index (χ2v) is 6.30. The molecule has 2 nitrogen and oxygen atoms in total. The smallest absolute Gasteiger partial charge is 0.0471 e. The molecule has 1 unspecified atom stereocenters. The van der Waals surface area contributed by atoms with Crippen molar-refractivity contribution in [2.45, 2.75) is 64.8 Å². The Balaban J connectivity index is 1.63. The first-order valence-corrected chi connectivity index (χ1v) is 7.56. The Morgan fingerprint density at radius 1 is 1.18 bits per heavy atom. The van der Waals surface area contributed by atoms with Crippen molar-refractivity contribution in [2.75, 3.05) is 19.8 Å². The summed E-state index contributed by atoms with van der Waals surface area (Å²) in [6.45, 7) is 7.80. The van der Waals surface area contributed by atoms with Gasteiger partial charge in [-0.05, 0) is 49.9 Å². The van der Waals surface area contributed by atoms with E-state index in [4.69, 9.17) is 4.74 Å². The van der Waals surface area contributed by atoms with E-state index in [0.29, 0.717) is 5.41 Å². The molecule has 0 aromatic heterocycles. The quantitative estimate of drug-likeness (QED) is 0.590. The highest BCUT2D eigenvalue weighted by Crippen LogP contribution is 2.47. The summed E-state index contributed by atoms with van der Waals surface area (Å²) >= 11 is 0. The van der Waals surface area contributed by atoms with Gasteiger partial charge in [0.15, 0.2) is 0 Å². The van der Waals surface area contributed by atoms with Gasteiger partial charge >= 0.3 is 0 Å². The molecule has 0 amide bonds. The van der Waals surface area contributed by atoms with E-state index in [1.54, 1.807) is 0 Å². The molecule has 100 valence electrons. The van der Waals surface area contributed by atoms with Crippen molar-refractivity contribution in [3.8, 4) is 0 Å². The van der Waals surface area contributed by atoms with Crippen LogP contribution in [0.15, 0.2) is 0 Å². The van der Waals surface area contributed by atoms with Crippen LogP contribution in [0.1, 0.15) is 58.8 Å². The summed E-state index contributed by atoms with van der Waals surface area (Å²) in [6.07, 6.45) is 9.36. The number of unbranched alkanes of at least 4 members (excludes halogenated alkanes) is 1. The Bertz CT molecular complexity index is 223. The zero-order chi connectivity index (χ0) is 12.1. The molecule has 0 saturated heterocycles. The first kappa shape index (κ1) is 13.4. The Morgan fingerprint density at radius 2 is 1.94 bits per heavy atom. The third kappa shape index (κ3) is 4.59. The van der Waals surface area contributed by atoms with Gasteiger partial charge in [0.05, 0.1) is 0 Å². The summed E-state index contributed by atoms with van der Waals surface area (Å²) in [7, 11) is 0. The lowest BCUT2D eigenvalue weighted by atomic mass is 9.81. The average molecular weight is 239 g/mol. The Hall–Kier alpha value is -0.0800. The molecule has 2 aliphatic rings. The molecule has 0 aromatic carbocycles. The van der Waals surface area contributed by atoms with Crippen molar-refractivity contribution in [1.29, 1.82) is 0 Å². The lowest BCUT2D eigenvalue weighted by Crippen LogP contribution is -2.35. The Morgan fingerprint density at radius 3 is 2.53 bits per heavy atom. The molecule has 1 atom stereocenters. The molecule has 0 spiro atoms. The van der Waals surface area contributed by atoms with Crippen LogP contribution in [0.3, 0.4) is 0 Å². The number of hydrogen-bond acceptors (Lipinski definition) is 2. The molecule has 0 aliphatic heterocycles. The van der Waals surface area contributed by atoms with Gasteiger partial charge in [0.1, 0.15) is 0 Å². The number of hydrogen-bond donors (Lipinski definition) is 1. The number of rotatable bonds is 10. The van der Waals surface area contributed by atoms with E-state index in [-0.39, 0.29) is 0 Å². The van der Waals surface area contributed by atoms with Crippen LogP contribution < -0.4 is 5.32 Å². The molecule has 2 saturated carbocycles. The minimum atomic E-state index is 0.495. The normalized spacial score (nSPS) is 23.6. The van der Waals surface area contributed by atoms with Crippen LogP contribution in [0, 0.1) is 11.3 Å². The van der Waals surface area contributed by atoms with Crippen LogP contribution in [-0.4, -0.2) is 25.8 Å². The highest BCUT2D eigenvalue weighted by molar-refractivity contribution is 4.94. The molecule has 0 radical (unpaired) electrons. The van der Waals surface area contributed by atoms with E-state index >= 15 is 0 Å². The summed E-state index contributed by atoms with van der Waals surface area (Å²) in [6, 6.07) is 0.842. The predicted octanol–water partition coefficient (Wildman–Crippen LogP) is 3.36. The standard InChI is InChI=1S/C15H29NO/c1-3-4-10-17-11-9-15(2,13-5-6-13)12-16-14-7-8-14/h13-14,16H,3-12H2,1-2H3. The van der Waals surface area contributed by atoms with Crippen molar-refractivity contribution >= 4 is 0 Å². The van der Waals surface area contributed by atoms with Crippen LogP contribution in [0.5, 0.6) is 0 Å². The third-order valence-electron chi connectivity index (χ3n) is 4.39. The van der Waals surface area contributed by atoms with Crippen molar-refractivity contribution in [3.05, 3.63) is 0 Å². The topological polar surface area (TPSA) is 21.3 Å². The second-order valence-electron chi connectivity index (χ2n) is 6.30. The van der Waals surface area contributed by atoms with E-state index < -0.39 is 0 Å². The maximum absolute atomic E-state index is 5.74. The molecule has 2 rings (SSSR count). The molecule has 1 N–H and O–H groups in total. The van der Waals surface area contributed by atoms with Gasteiger partial charge in [-0.1, -0.05) is 20.3 Å². The molecule has 0 bridgehead atoms. The first-order chi connectivity index (χ1) is 8.24. The van der Waals surface area contributed by atoms with E-state index in [2.05, 4.69) is 19.2 Å². The van der Waals surface area contributed by atoms with Gasteiger partial charge in [-0.15, -0.1) is 0 Å². The van der Waals surface area contributed by atoms with Crippen molar-refractivity contribution in [3.63, 3.8) is 0 Å². The molecule has 17 heavy (non-hydrogen) atoms. The van der Waals surface area contributed by atoms with Crippen molar-refractivity contribution in [2.24, 2.45) is 11.3 Å². The summed E-state index contributed by atoms with van der Waals surface area (Å²) in [5.41, 5.74) is 0.495. The summed E-state index contributed by atoms with van der Waals surface area (Å²) < 4.78 is 5.74. The lowest BCUT2D eigenvalue weighted by molar-refractivity contribution is 0.0878. The average Bonchev–Trinajstić information content (AvgIpc) is 3.19. The lowest BCUT2D eigenvalue weighted by Gasteiger charge is -2.30. The molecule has 2 heteroatoms. The molecule has 0 aromatic rings. The molecular formula is C15H29NO. The van der Waals surface area contributed by atoms with Crippen LogP contribution in [0.4, 0.5) is 0 Å². The molecule has 2 aliphatic carbocycles. The minimum absolute atomic E-state index is 0.495.